The van der Waals surface area contributed by atoms with Gasteiger partial charge in [0.15, 0.2) is 0 Å². The number of hydrogen-bond donors (Lipinski definition) is 13. The number of carbonyl (C=O) groups excluding carboxylic acids is 10. The van der Waals surface area contributed by atoms with Crippen molar-refractivity contribution in [3.8, 4) is 5.75 Å². The first-order valence-corrected chi connectivity index (χ1v) is 29.1. The van der Waals surface area contributed by atoms with Crippen molar-refractivity contribution in [2.45, 2.75) is 140 Å². The van der Waals surface area contributed by atoms with E-state index in [9.17, 15) is 83.0 Å². The summed E-state index contributed by atoms with van der Waals surface area (Å²) in [7, 11) is 0. The molecule has 29 heteroatoms. The molecule has 28 nitrogen and oxygen atoms in total. The van der Waals surface area contributed by atoms with Gasteiger partial charge in [-0.15, -0.1) is 11.8 Å². The average molecular weight is 1230 g/mol. The van der Waals surface area contributed by atoms with Gasteiger partial charge in [0.25, 0.3) is 11.6 Å². The molecule has 0 aliphatic heterocycles. The summed E-state index contributed by atoms with van der Waals surface area (Å²) >= 11 is 0.885. The van der Waals surface area contributed by atoms with Gasteiger partial charge in [0.2, 0.25) is 53.2 Å². The highest BCUT2D eigenvalue weighted by Gasteiger charge is 2.35. The SMILES string of the molecule is CC(C)C[C@H](NC(=O)[C@@H](NC(=O)CNC(=O)c1ccccc1)C(C)C)C(=O)N[C@@H](CCCCNC(=O)C[C@H](SCc1cccc([N+](=O)[O-])c1)C(=O)O)C(=O)N[C@@H](CCC(=O)O)C(=O)N[C@@H](Cc1ccc(O)cc1)C(=O)NCC(=O)N[C@H](C(N)=O)C(C)C. The van der Waals surface area contributed by atoms with Gasteiger partial charge in [-0.2, -0.15) is 0 Å². The number of amides is 10. The summed E-state index contributed by atoms with van der Waals surface area (Å²) in [4.78, 5) is 169. The molecule has 87 heavy (non-hydrogen) atoms. The van der Waals surface area contributed by atoms with Crippen LogP contribution >= 0.6 is 11.8 Å². The highest BCUT2D eigenvalue weighted by atomic mass is 32.2. The number of benzene rings is 3. The standard InChI is InChI=1S/C58H79N11O17S/c1-32(2)25-42(66-57(82)50(34(5)6)68-47(73)29-61-52(77)37-14-8-7-9-15-37)56(81)63-40(17-10-11-24-60-45(71)28-44(58(83)84)87-31-36-13-12-16-38(26-36)69(85)86)54(79)64-41(22-23-48(74)75)55(80)65-43(27-35-18-20-39(70)21-19-35)53(78)62-30-46(72)67-49(33(3)4)51(59)76/h7-9,12-16,18-21,26,32-34,40-44,49-50,70H,10-11,17,22-25,27-31H2,1-6H3,(H2,59,76)(H,60,71)(H,61,77)(H,62,78)(H,63,81)(H,64,79)(H,65,80)(H,66,82)(H,67,72)(H,68,73)(H,74,75)(H,83,84)/t40-,41-,42-,43-,44-,49-,50-/m0/s1. The van der Waals surface area contributed by atoms with Crippen molar-refractivity contribution in [2.24, 2.45) is 23.5 Å². The van der Waals surface area contributed by atoms with Gasteiger partial charge in [0.1, 0.15) is 47.3 Å². The number of carbonyl (C=O) groups is 12. The Morgan fingerprint density at radius 1 is 0.586 bits per heavy atom. The van der Waals surface area contributed by atoms with E-state index in [1.54, 1.807) is 77.9 Å². The monoisotopic (exact) mass is 1230 g/mol. The quantitative estimate of drug-likeness (QED) is 0.0217. The maximum atomic E-state index is 14.5. The molecule has 0 unspecified atom stereocenters. The lowest BCUT2D eigenvalue weighted by molar-refractivity contribution is -0.384. The molecule has 10 amide bonds. The third kappa shape index (κ3) is 26.8. The minimum Gasteiger partial charge on any atom is -0.508 e. The van der Waals surface area contributed by atoms with Crippen LogP contribution in [0, 0.1) is 27.9 Å². The molecule has 0 saturated heterocycles. The molecule has 0 spiro atoms. The molecular formula is C58H79N11O17S. The molecule has 0 aliphatic rings. The zero-order valence-electron chi connectivity index (χ0n) is 49.3. The van der Waals surface area contributed by atoms with Gasteiger partial charge in [-0.05, 0) is 85.3 Å². The zero-order valence-corrected chi connectivity index (χ0v) is 50.1. The van der Waals surface area contributed by atoms with E-state index < -0.39 is 162 Å². The number of nitrogens with two attached hydrogens (primary N) is 1. The number of nitrogens with one attached hydrogen (secondary N) is 9. The number of unbranched alkanes of at least 4 members (excludes halogenated alkanes) is 1. The number of nitrogens with zero attached hydrogens (tertiary/aromatic N) is 1. The van der Waals surface area contributed by atoms with E-state index in [-0.39, 0.29) is 61.8 Å². The van der Waals surface area contributed by atoms with Crippen LogP contribution < -0.4 is 53.6 Å². The normalized spacial score (nSPS) is 13.4. The first kappa shape index (κ1) is 72.1. The van der Waals surface area contributed by atoms with Gasteiger partial charge in [0.05, 0.1) is 18.0 Å². The Hall–Kier alpha value is -9.15. The second kappa shape index (κ2) is 36.6. The smallest absolute Gasteiger partial charge is 0.317 e. The number of carboxylic acids is 2. The van der Waals surface area contributed by atoms with Crippen LogP contribution in [0.5, 0.6) is 5.75 Å². The second-order valence-electron chi connectivity index (χ2n) is 21.5. The van der Waals surface area contributed by atoms with Crippen molar-refractivity contribution >= 4 is 88.5 Å². The molecule has 14 N–H and O–H groups in total. The minimum atomic E-state index is -1.72. The van der Waals surface area contributed by atoms with Gasteiger partial charge in [-0.1, -0.05) is 84.0 Å². The van der Waals surface area contributed by atoms with E-state index in [4.69, 9.17) is 5.73 Å². The molecule has 0 saturated carbocycles. The number of phenols is 1. The Morgan fingerprint density at radius 3 is 1.71 bits per heavy atom. The van der Waals surface area contributed by atoms with E-state index in [0.29, 0.717) is 16.7 Å². The van der Waals surface area contributed by atoms with Crippen molar-refractivity contribution in [3.05, 3.63) is 106 Å². The van der Waals surface area contributed by atoms with Crippen LogP contribution in [-0.2, 0) is 64.9 Å². The van der Waals surface area contributed by atoms with Crippen LogP contribution in [-0.4, -0.2) is 152 Å². The van der Waals surface area contributed by atoms with Crippen molar-refractivity contribution in [3.63, 3.8) is 0 Å². The molecule has 0 fully saturated rings. The number of non-ortho nitro benzene ring substituents is 1. The lowest BCUT2D eigenvalue weighted by Crippen LogP contribution is -2.60. The summed E-state index contributed by atoms with van der Waals surface area (Å²) < 4.78 is 0. The van der Waals surface area contributed by atoms with Crippen molar-refractivity contribution < 1.29 is 77.8 Å². The molecular weight excluding hydrogens is 1150 g/mol. The number of hydrogen-bond acceptors (Lipinski definition) is 16. The maximum absolute atomic E-state index is 14.5. The van der Waals surface area contributed by atoms with E-state index in [1.165, 1.54) is 42.5 Å². The van der Waals surface area contributed by atoms with E-state index in [2.05, 4.69) is 47.9 Å². The fraction of sp³-hybridized carbons (Fsp3) is 0.483. The number of aliphatic carboxylic acids is 2. The lowest BCUT2D eigenvalue weighted by Gasteiger charge is -2.28. The van der Waals surface area contributed by atoms with E-state index >= 15 is 0 Å². The van der Waals surface area contributed by atoms with Gasteiger partial charge < -0.3 is 68.9 Å². The molecule has 0 radical (unpaired) electrons. The number of thioether (sulfide) groups is 1. The molecule has 0 bridgehead atoms. The Bertz CT molecular complexity index is 2890. The summed E-state index contributed by atoms with van der Waals surface area (Å²) in [5.41, 5.74) is 6.38. The molecule has 7 atom stereocenters. The number of nitro benzene ring substituents is 1. The van der Waals surface area contributed by atoms with Crippen LogP contribution in [0.1, 0.15) is 108 Å². The third-order valence-corrected chi connectivity index (χ3v) is 14.4. The number of phenolic OH excluding ortho intramolecular Hbond substituents is 1. The average Bonchev–Trinajstić information content (AvgIpc) is 3.48. The fourth-order valence-electron chi connectivity index (χ4n) is 8.47. The highest BCUT2D eigenvalue weighted by molar-refractivity contribution is 7.99. The van der Waals surface area contributed by atoms with Gasteiger partial charge in [-0.3, -0.25) is 67.6 Å². The Kier molecular flexibility index (Phi) is 30.4. The first-order valence-electron chi connectivity index (χ1n) is 28.1. The predicted molar refractivity (Wildman–Crippen MR) is 318 cm³/mol. The Balaban J connectivity index is 1.91. The Morgan fingerprint density at radius 2 is 1.15 bits per heavy atom. The maximum Gasteiger partial charge on any atom is 0.317 e. The summed E-state index contributed by atoms with van der Waals surface area (Å²) in [5.74, 6) is -12.3. The third-order valence-electron chi connectivity index (χ3n) is 13.1. The van der Waals surface area contributed by atoms with Crippen LogP contribution in [0.15, 0.2) is 78.9 Å². The zero-order chi connectivity index (χ0) is 64.9. The van der Waals surface area contributed by atoms with Crippen LogP contribution in [0.25, 0.3) is 0 Å². The first-order chi connectivity index (χ1) is 41.0. The van der Waals surface area contributed by atoms with Gasteiger partial charge in [-0.25, -0.2) is 0 Å². The number of carboxylic acid groups (broad SMARTS) is 2. The molecule has 0 heterocycles. The predicted octanol–water partition coefficient (Wildman–Crippen LogP) is 1.07. The number of primary amides is 1. The fourth-order valence-corrected chi connectivity index (χ4v) is 9.46. The summed E-state index contributed by atoms with van der Waals surface area (Å²) in [6, 6.07) is 10.7. The van der Waals surface area contributed by atoms with Crippen LogP contribution in [0.4, 0.5) is 5.69 Å². The second-order valence-corrected chi connectivity index (χ2v) is 22.7. The molecule has 3 rings (SSSR count). The highest BCUT2D eigenvalue weighted by Crippen LogP contribution is 2.24. The van der Waals surface area contributed by atoms with Gasteiger partial charge >= 0.3 is 11.9 Å². The number of nitro groups is 1. The van der Waals surface area contributed by atoms with Crippen molar-refractivity contribution in [1.82, 2.24) is 47.9 Å². The lowest BCUT2D eigenvalue weighted by atomic mass is 9.99. The largest absolute Gasteiger partial charge is 0.508 e. The van der Waals surface area contributed by atoms with Crippen molar-refractivity contribution in [2.75, 3.05) is 19.6 Å². The number of aromatic hydroxyl groups is 1. The van der Waals surface area contributed by atoms with Crippen molar-refractivity contribution in [1.29, 1.82) is 0 Å². The van der Waals surface area contributed by atoms with Crippen LogP contribution in [0.3, 0.4) is 0 Å². The topological polar surface area (TPSA) is 443 Å². The molecule has 0 aliphatic carbocycles. The van der Waals surface area contributed by atoms with E-state index in [0.717, 1.165) is 11.8 Å². The summed E-state index contributed by atoms with van der Waals surface area (Å²) in [6.07, 6.45) is -2.07. The molecule has 3 aromatic carbocycles. The molecule has 3 aromatic rings. The summed E-state index contributed by atoms with van der Waals surface area (Å²) in [5, 5.41) is 62.3. The Labute approximate surface area is 507 Å². The number of rotatable bonds is 38. The van der Waals surface area contributed by atoms with Crippen LogP contribution in [0.2, 0.25) is 0 Å². The summed E-state index contributed by atoms with van der Waals surface area (Å²) in [6.45, 7) is 8.78. The molecule has 0 aromatic heterocycles. The van der Waals surface area contributed by atoms with E-state index in [1.807, 2.05) is 0 Å². The molecule has 474 valence electrons. The van der Waals surface area contributed by atoms with Gasteiger partial charge in [0, 0.05) is 49.3 Å². The minimum absolute atomic E-state index is 0.00995.